The summed E-state index contributed by atoms with van der Waals surface area (Å²) in [6.07, 6.45) is 14.3. The molecule has 1 nitrogen and oxygen atoms in total. The van der Waals surface area contributed by atoms with Gasteiger partial charge in [0.15, 0.2) is 0 Å². The van der Waals surface area contributed by atoms with Gasteiger partial charge < -0.3 is 5.73 Å². The second kappa shape index (κ2) is 13.2. The van der Waals surface area contributed by atoms with Crippen LogP contribution in [0, 0.1) is 5.92 Å². The summed E-state index contributed by atoms with van der Waals surface area (Å²) in [6, 6.07) is 0. The molecular formula is C17H38ClN. The summed E-state index contributed by atoms with van der Waals surface area (Å²) in [4.78, 5) is 0. The minimum atomic E-state index is 0. The van der Waals surface area contributed by atoms with Crippen LogP contribution in [0.3, 0.4) is 0 Å². The van der Waals surface area contributed by atoms with Gasteiger partial charge in [0.05, 0.1) is 0 Å². The fourth-order valence-electron chi connectivity index (χ4n) is 2.82. The molecule has 0 aliphatic heterocycles. The van der Waals surface area contributed by atoms with Crippen LogP contribution in [-0.2, 0) is 0 Å². The van der Waals surface area contributed by atoms with Crippen LogP contribution in [0.5, 0.6) is 0 Å². The summed E-state index contributed by atoms with van der Waals surface area (Å²) >= 11 is 0. The van der Waals surface area contributed by atoms with Crippen molar-refractivity contribution in [3.8, 4) is 0 Å². The molecule has 1 unspecified atom stereocenters. The molecule has 0 aromatic heterocycles. The van der Waals surface area contributed by atoms with Gasteiger partial charge in [-0.25, -0.2) is 0 Å². The molecule has 0 radical (unpaired) electrons. The Labute approximate surface area is 128 Å². The molecule has 2 N–H and O–H groups in total. The van der Waals surface area contributed by atoms with E-state index in [-0.39, 0.29) is 17.9 Å². The zero-order valence-electron chi connectivity index (χ0n) is 13.8. The molecule has 0 spiro atoms. The second-order valence-electron chi connectivity index (χ2n) is 6.19. The van der Waals surface area contributed by atoms with E-state index in [1.165, 1.54) is 70.6 Å². The van der Waals surface area contributed by atoms with Crippen molar-refractivity contribution >= 4 is 12.4 Å². The van der Waals surface area contributed by atoms with E-state index in [9.17, 15) is 0 Å². The third-order valence-corrected chi connectivity index (χ3v) is 4.46. The molecule has 19 heavy (non-hydrogen) atoms. The first-order chi connectivity index (χ1) is 8.60. The van der Waals surface area contributed by atoms with Crippen LogP contribution >= 0.6 is 12.4 Å². The van der Waals surface area contributed by atoms with Crippen LogP contribution in [0.25, 0.3) is 0 Å². The minimum Gasteiger partial charge on any atom is -0.325 e. The Balaban J connectivity index is 0. The average Bonchev–Trinajstić information content (AvgIpc) is 2.36. The molecule has 0 bridgehead atoms. The quantitative estimate of drug-likeness (QED) is 0.432. The van der Waals surface area contributed by atoms with Crippen molar-refractivity contribution < 1.29 is 0 Å². The van der Waals surface area contributed by atoms with Gasteiger partial charge in [0.1, 0.15) is 0 Å². The van der Waals surface area contributed by atoms with E-state index in [0.29, 0.717) is 5.92 Å². The topological polar surface area (TPSA) is 26.0 Å². The fourth-order valence-corrected chi connectivity index (χ4v) is 2.82. The van der Waals surface area contributed by atoms with Crippen molar-refractivity contribution in [2.75, 3.05) is 0 Å². The minimum absolute atomic E-state index is 0. The normalized spacial score (nSPS) is 13.1. The number of rotatable bonds is 12. The molecule has 0 aliphatic rings. The van der Waals surface area contributed by atoms with Gasteiger partial charge in [-0.15, -0.1) is 12.4 Å². The molecule has 118 valence electrons. The van der Waals surface area contributed by atoms with E-state index in [1.54, 1.807) is 0 Å². The van der Waals surface area contributed by atoms with Gasteiger partial charge >= 0.3 is 0 Å². The maximum atomic E-state index is 6.76. The Bertz CT molecular complexity index is 172. The average molecular weight is 292 g/mol. The number of unbranched alkanes of at least 4 members (excludes halogenated alkanes) is 5. The Morgan fingerprint density at radius 1 is 0.789 bits per heavy atom. The van der Waals surface area contributed by atoms with E-state index in [2.05, 4.69) is 27.7 Å². The van der Waals surface area contributed by atoms with Crippen LogP contribution in [0.1, 0.15) is 98.3 Å². The largest absolute Gasteiger partial charge is 0.325 e. The Morgan fingerprint density at radius 2 is 1.21 bits per heavy atom. The van der Waals surface area contributed by atoms with Gasteiger partial charge in [0, 0.05) is 5.54 Å². The van der Waals surface area contributed by atoms with E-state index in [0.717, 1.165) is 0 Å². The highest BCUT2D eigenvalue weighted by atomic mass is 35.5. The van der Waals surface area contributed by atoms with Crippen molar-refractivity contribution in [1.82, 2.24) is 0 Å². The van der Waals surface area contributed by atoms with E-state index in [1.807, 2.05) is 0 Å². The van der Waals surface area contributed by atoms with Gasteiger partial charge in [0.2, 0.25) is 0 Å². The smallest absolute Gasteiger partial charge is 0.0180 e. The van der Waals surface area contributed by atoms with E-state index >= 15 is 0 Å². The lowest BCUT2D eigenvalue weighted by molar-refractivity contribution is 0.222. The van der Waals surface area contributed by atoms with Gasteiger partial charge in [0.25, 0.3) is 0 Å². The summed E-state index contributed by atoms with van der Waals surface area (Å²) in [5.74, 6) is 0.686. The first-order valence-corrected chi connectivity index (χ1v) is 8.39. The molecule has 0 amide bonds. The third kappa shape index (κ3) is 9.73. The molecule has 0 fully saturated rings. The molecule has 0 saturated heterocycles. The Morgan fingerprint density at radius 3 is 1.58 bits per heavy atom. The van der Waals surface area contributed by atoms with Crippen LogP contribution < -0.4 is 5.73 Å². The molecule has 0 aliphatic carbocycles. The Kier molecular flexibility index (Phi) is 15.0. The van der Waals surface area contributed by atoms with Gasteiger partial charge in [-0.3, -0.25) is 0 Å². The number of hydrogen-bond donors (Lipinski definition) is 1. The highest BCUT2D eigenvalue weighted by Crippen LogP contribution is 2.30. The van der Waals surface area contributed by atoms with Crippen molar-refractivity contribution in [3.63, 3.8) is 0 Å². The Hall–Kier alpha value is 0.250. The summed E-state index contributed by atoms with van der Waals surface area (Å²) in [5, 5.41) is 0. The molecular weight excluding hydrogens is 254 g/mol. The maximum Gasteiger partial charge on any atom is 0.0180 e. The molecule has 0 rings (SSSR count). The van der Waals surface area contributed by atoms with Crippen molar-refractivity contribution in [1.29, 1.82) is 0 Å². The first kappa shape index (κ1) is 21.5. The van der Waals surface area contributed by atoms with Crippen LogP contribution in [0.4, 0.5) is 0 Å². The molecule has 0 heterocycles. The molecule has 0 aromatic rings. The van der Waals surface area contributed by atoms with Gasteiger partial charge in [-0.1, -0.05) is 79.1 Å². The van der Waals surface area contributed by atoms with E-state index < -0.39 is 0 Å². The highest BCUT2D eigenvalue weighted by Gasteiger charge is 2.30. The molecule has 0 saturated carbocycles. The monoisotopic (exact) mass is 291 g/mol. The highest BCUT2D eigenvalue weighted by molar-refractivity contribution is 5.85. The lowest BCUT2D eigenvalue weighted by Gasteiger charge is -2.36. The summed E-state index contributed by atoms with van der Waals surface area (Å²) in [6.45, 7) is 9.21. The summed E-state index contributed by atoms with van der Waals surface area (Å²) < 4.78 is 0. The van der Waals surface area contributed by atoms with Crippen molar-refractivity contribution in [3.05, 3.63) is 0 Å². The number of halogens is 1. The number of nitrogens with two attached hydrogens (primary N) is 1. The van der Waals surface area contributed by atoms with Gasteiger partial charge in [-0.2, -0.15) is 0 Å². The zero-order valence-corrected chi connectivity index (χ0v) is 14.7. The fraction of sp³-hybridized carbons (Fsp3) is 1.00. The van der Waals surface area contributed by atoms with Gasteiger partial charge in [-0.05, 0) is 25.2 Å². The number of hydrogen-bond acceptors (Lipinski definition) is 1. The van der Waals surface area contributed by atoms with E-state index in [4.69, 9.17) is 5.73 Å². The van der Waals surface area contributed by atoms with Crippen LogP contribution in [0.2, 0.25) is 0 Å². The predicted molar refractivity (Wildman–Crippen MR) is 91.1 cm³/mol. The molecule has 2 heteroatoms. The molecule has 1 atom stereocenters. The summed E-state index contributed by atoms with van der Waals surface area (Å²) in [5.41, 5.74) is 6.87. The lowest BCUT2D eigenvalue weighted by atomic mass is 9.75. The zero-order chi connectivity index (χ0) is 13.9. The lowest BCUT2D eigenvalue weighted by Crippen LogP contribution is -2.46. The third-order valence-electron chi connectivity index (χ3n) is 4.46. The first-order valence-electron chi connectivity index (χ1n) is 8.39. The second-order valence-corrected chi connectivity index (χ2v) is 6.19. The molecule has 0 aromatic carbocycles. The van der Waals surface area contributed by atoms with Crippen LogP contribution in [0.15, 0.2) is 0 Å². The van der Waals surface area contributed by atoms with Crippen molar-refractivity contribution in [2.24, 2.45) is 11.7 Å². The SMILES string of the molecule is CCCCCC(N)(CCCCC)C(C)CCCC.Cl. The predicted octanol–water partition coefficient (Wildman–Crippen LogP) is 6.09. The van der Waals surface area contributed by atoms with Crippen molar-refractivity contribution in [2.45, 2.75) is 104 Å². The standard InChI is InChI=1S/C17H37N.ClH/c1-5-8-11-14-17(18,15-12-9-6-2)16(4)13-10-7-3;/h16H,5-15,18H2,1-4H3;1H. The maximum absolute atomic E-state index is 6.76. The van der Waals surface area contributed by atoms with Crippen LogP contribution in [-0.4, -0.2) is 5.54 Å². The summed E-state index contributed by atoms with van der Waals surface area (Å²) in [7, 11) is 0.